The lowest BCUT2D eigenvalue weighted by molar-refractivity contribution is 0.0750. The minimum Gasteiger partial charge on any atom is -0.377 e. The molecule has 1 aliphatic rings. The molecule has 1 saturated heterocycles. The van der Waals surface area contributed by atoms with Gasteiger partial charge in [0.25, 0.3) is 0 Å². The van der Waals surface area contributed by atoms with E-state index >= 15 is 0 Å². The fraction of sp³-hybridized carbons (Fsp3) is 0.571. The summed E-state index contributed by atoms with van der Waals surface area (Å²) in [6.45, 7) is 0.890. The number of hydrazine groups is 1. The Balaban J connectivity index is 1.72. The van der Waals surface area contributed by atoms with Crippen molar-refractivity contribution in [3.05, 3.63) is 35.9 Å². The number of ether oxygens (including phenoxy) is 1. The molecule has 0 amide bonds. The lowest BCUT2D eigenvalue weighted by atomic mass is 10.00. The molecule has 0 radical (unpaired) electrons. The third kappa shape index (κ3) is 3.80. The molecule has 0 spiro atoms. The highest BCUT2D eigenvalue weighted by Crippen LogP contribution is 2.19. The Morgan fingerprint density at radius 3 is 2.82 bits per heavy atom. The van der Waals surface area contributed by atoms with E-state index in [0.717, 1.165) is 32.3 Å². The third-order valence-corrected chi connectivity index (χ3v) is 3.45. The van der Waals surface area contributed by atoms with Crippen LogP contribution >= 0.6 is 0 Å². The Morgan fingerprint density at radius 1 is 1.35 bits per heavy atom. The van der Waals surface area contributed by atoms with Crippen LogP contribution in [0.5, 0.6) is 0 Å². The Bertz CT molecular complexity index is 309. The largest absolute Gasteiger partial charge is 0.377 e. The number of hydrogen-bond donors (Lipinski definition) is 2. The van der Waals surface area contributed by atoms with Crippen molar-refractivity contribution in [2.24, 2.45) is 5.84 Å². The molecule has 2 atom stereocenters. The van der Waals surface area contributed by atoms with Crippen molar-refractivity contribution in [3.8, 4) is 0 Å². The molecule has 1 aliphatic heterocycles. The van der Waals surface area contributed by atoms with Gasteiger partial charge in [-0.15, -0.1) is 0 Å². The molecule has 17 heavy (non-hydrogen) atoms. The van der Waals surface area contributed by atoms with Crippen LogP contribution in [0.2, 0.25) is 0 Å². The van der Waals surface area contributed by atoms with E-state index in [4.69, 9.17) is 10.6 Å². The normalized spacial score (nSPS) is 21.6. The minimum atomic E-state index is 0.307. The molecule has 1 heterocycles. The lowest BCUT2D eigenvalue weighted by Gasteiger charge is -2.21. The van der Waals surface area contributed by atoms with Gasteiger partial charge in [-0.2, -0.15) is 0 Å². The van der Waals surface area contributed by atoms with E-state index in [2.05, 4.69) is 35.8 Å². The Labute approximate surface area is 103 Å². The second kappa shape index (κ2) is 6.74. The van der Waals surface area contributed by atoms with Crippen molar-refractivity contribution >= 4 is 0 Å². The minimum absolute atomic E-state index is 0.307. The maximum Gasteiger partial charge on any atom is 0.0742 e. The van der Waals surface area contributed by atoms with Crippen LogP contribution in [0.4, 0.5) is 0 Å². The van der Waals surface area contributed by atoms with Gasteiger partial charge in [0.1, 0.15) is 0 Å². The lowest BCUT2D eigenvalue weighted by Crippen LogP contribution is -2.43. The average molecular weight is 234 g/mol. The van der Waals surface area contributed by atoms with E-state index in [1.54, 1.807) is 0 Å². The molecule has 0 aliphatic carbocycles. The van der Waals surface area contributed by atoms with Crippen molar-refractivity contribution < 1.29 is 4.74 Å². The van der Waals surface area contributed by atoms with E-state index in [1.807, 2.05) is 0 Å². The highest BCUT2D eigenvalue weighted by molar-refractivity contribution is 5.14. The molecule has 3 nitrogen and oxygen atoms in total. The highest BCUT2D eigenvalue weighted by Gasteiger charge is 2.24. The van der Waals surface area contributed by atoms with Gasteiger partial charge >= 0.3 is 0 Å². The van der Waals surface area contributed by atoms with Crippen LogP contribution in [0.3, 0.4) is 0 Å². The zero-order chi connectivity index (χ0) is 11.9. The first-order chi connectivity index (χ1) is 8.40. The van der Waals surface area contributed by atoms with Gasteiger partial charge < -0.3 is 4.74 Å². The van der Waals surface area contributed by atoms with Gasteiger partial charge in [0.05, 0.1) is 6.10 Å². The number of nitrogens with one attached hydrogen (secondary N) is 1. The first-order valence-corrected chi connectivity index (χ1v) is 6.52. The van der Waals surface area contributed by atoms with E-state index in [0.29, 0.717) is 12.1 Å². The Morgan fingerprint density at radius 2 is 2.18 bits per heavy atom. The van der Waals surface area contributed by atoms with Crippen molar-refractivity contribution in [3.63, 3.8) is 0 Å². The van der Waals surface area contributed by atoms with Gasteiger partial charge in [-0.05, 0) is 37.7 Å². The van der Waals surface area contributed by atoms with Gasteiger partial charge in [-0.1, -0.05) is 30.3 Å². The number of aryl methyl sites for hydroxylation is 1. The number of hydrogen-bond acceptors (Lipinski definition) is 3. The van der Waals surface area contributed by atoms with E-state index in [-0.39, 0.29) is 0 Å². The van der Waals surface area contributed by atoms with Crippen LogP contribution in [0, 0.1) is 0 Å². The molecule has 1 aromatic carbocycles. The van der Waals surface area contributed by atoms with Crippen LogP contribution in [0.25, 0.3) is 0 Å². The second-order valence-electron chi connectivity index (χ2n) is 4.70. The first kappa shape index (κ1) is 12.6. The summed E-state index contributed by atoms with van der Waals surface area (Å²) in [7, 11) is 0. The molecular weight excluding hydrogens is 212 g/mol. The summed E-state index contributed by atoms with van der Waals surface area (Å²) in [6.07, 6.45) is 5.97. The molecule has 1 aromatic rings. The average Bonchev–Trinajstić information content (AvgIpc) is 2.90. The molecule has 3 N–H and O–H groups in total. The van der Waals surface area contributed by atoms with Gasteiger partial charge in [-0.25, -0.2) is 0 Å². The zero-order valence-electron chi connectivity index (χ0n) is 10.3. The van der Waals surface area contributed by atoms with Gasteiger partial charge in [-0.3, -0.25) is 11.3 Å². The SMILES string of the molecule is NNC(CCCc1ccccc1)C1CCCO1. The summed E-state index contributed by atoms with van der Waals surface area (Å²) >= 11 is 0. The van der Waals surface area contributed by atoms with Crippen molar-refractivity contribution in [2.45, 2.75) is 44.2 Å². The van der Waals surface area contributed by atoms with Crippen LogP contribution in [-0.4, -0.2) is 18.8 Å². The molecule has 0 aromatic heterocycles. The molecule has 0 saturated carbocycles. The van der Waals surface area contributed by atoms with Gasteiger partial charge in [0.15, 0.2) is 0 Å². The fourth-order valence-electron chi connectivity index (χ4n) is 2.47. The third-order valence-electron chi connectivity index (χ3n) is 3.45. The van der Waals surface area contributed by atoms with E-state index in [1.165, 1.54) is 12.0 Å². The predicted octanol–water partition coefficient (Wildman–Crippen LogP) is 2.02. The standard InChI is InChI=1S/C14H22N2O/c15-16-13(14-10-5-11-17-14)9-4-8-12-6-2-1-3-7-12/h1-3,6-7,13-14,16H,4-5,8-11,15H2. The molecule has 3 heteroatoms. The van der Waals surface area contributed by atoms with Gasteiger partial charge in [0.2, 0.25) is 0 Å². The van der Waals surface area contributed by atoms with Crippen molar-refractivity contribution in [1.82, 2.24) is 5.43 Å². The van der Waals surface area contributed by atoms with E-state index in [9.17, 15) is 0 Å². The molecule has 94 valence electrons. The van der Waals surface area contributed by atoms with Crippen molar-refractivity contribution in [1.29, 1.82) is 0 Å². The Kier molecular flexibility index (Phi) is 4.98. The molecular formula is C14H22N2O. The van der Waals surface area contributed by atoms with Crippen molar-refractivity contribution in [2.75, 3.05) is 6.61 Å². The summed E-state index contributed by atoms with van der Waals surface area (Å²) in [5, 5.41) is 0. The summed E-state index contributed by atoms with van der Waals surface area (Å²) in [4.78, 5) is 0. The summed E-state index contributed by atoms with van der Waals surface area (Å²) < 4.78 is 5.67. The second-order valence-corrected chi connectivity index (χ2v) is 4.70. The number of nitrogens with two attached hydrogens (primary N) is 1. The Hall–Kier alpha value is -0.900. The maximum absolute atomic E-state index is 5.67. The first-order valence-electron chi connectivity index (χ1n) is 6.52. The number of benzene rings is 1. The van der Waals surface area contributed by atoms with Crippen LogP contribution in [0.15, 0.2) is 30.3 Å². The smallest absolute Gasteiger partial charge is 0.0742 e. The van der Waals surface area contributed by atoms with Crippen LogP contribution in [0.1, 0.15) is 31.2 Å². The summed E-state index contributed by atoms with van der Waals surface area (Å²) in [5.41, 5.74) is 4.30. The van der Waals surface area contributed by atoms with Gasteiger partial charge in [0, 0.05) is 12.6 Å². The van der Waals surface area contributed by atoms with E-state index < -0.39 is 0 Å². The molecule has 2 unspecified atom stereocenters. The topological polar surface area (TPSA) is 47.3 Å². The highest BCUT2D eigenvalue weighted by atomic mass is 16.5. The molecule has 2 rings (SSSR count). The van der Waals surface area contributed by atoms with Crippen LogP contribution in [-0.2, 0) is 11.2 Å². The zero-order valence-corrected chi connectivity index (χ0v) is 10.3. The quantitative estimate of drug-likeness (QED) is 0.585. The predicted molar refractivity (Wildman–Crippen MR) is 69.5 cm³/mol. The molecule has 0 bridgehead atoms. The molecule has 1 fully saturated rings. The van der Waals surface area contributed by atoms with Crippen LogP contribution < -0.4 is 11.3 Å². The number of rotatable bonds is 6. The maximum atomic E-state index is 5.67. The summed E-state index contributed by atoms with van der Waals surface area (Å²) in [6, 6.07) is 10.9. The fourth-order valence-corrected chi connectivity index (χ4v) is 2.47. The monoisotopic (exact) mass is 234 g/mol. The summed E-state index contributed by atoms with van der Waals surface area (Å²) in [5.74, 6) is 5.60.